The van der Waals surface area contributed by atoms with E-state index in [1.807, 2.05) is 18.0 Å². The Morgan fingerprint density at radius 1 is 1.17 bits per heavy atom. The van der Waals surface area contributed by atoms with Crippen molar-refractivity contribution in [3.05, 3.63) is 24.0 Å². The molecule has 1 saturated carbocycles. The Morgan fingerprint density at radius 2 is 1.83 bits per heavy atom. The topological polar surface area (TPSA) is 70.7 Å². The Bertz CT molecular complexity index is 757. The summed E-state index contributed by atoms with van der Waals surface area (Å²) in [7, 11) is 0.247. The predicted molar refractivity (Wildman–Crippen MR) is 118 cm³/mol. The lowest BCUT2D eigenvalue weighted by molar-refractivity contribution is 0.206. The van der Waals surface area contributed by atoms with Crippen molar-refractivity contribution in [2.75, 3.05) is 44.1 Å². The average Bonchev–Trinajstić information content (AvgIpc) is 2.64. The molecule has 0 bridgehead atoms. The van der Waals surface area contributed by atoms with Crippen LogP contribution in [-0.2, 0) is 14.8 Å². The molecule has 1 aromatic rings. The molecular weight excluding hydrogens is 393 g/mol. The zero-order valence-electron chi connectivity index (χ0n) is 18.3. The number of likely N-dealkylation sites (N-methyl/N-ethyl adjacent to an activating group) is 1. The summed E-state index contributed by atoms with van der Waals surface area (Å²) in [5, 5.41) is 3.36. The molecule has 8 heteroatoms. The molecule has 0 spiro atoms. The SMILES string of the molecule is COCCN(C)c1cc(F)cc(NCC2CCC(NS(=O)(=O)C(C)(C)C)CC2)c1. The van der Waals surface area contributed by atoms with Crippen LogP contribution in [0.2, 0.25) is 0 Å². The van der Waals surface area contributed by atoms with Gasteiger partial charge in [-0.15, -0.1) is 0 Å². The van der Waals surface area contributed by atoms with Crippen LogP contribution >= 0.6 is 0 Å². The van der Waals surface area contributed by atoms with Gasteiger partial charge in [-0.3, -0.25) is 0 Å². The van der Waals surface area contributed by atoms with E-state index in [1.165, 1.54) is 12.1 Å². The third-order valence-corrected chi connectivity index (χ3v) is 7.78. The van der Waals surface area contributed by atoms with Gasteiger partial charge in [-0.05, 0) is 70.6 Å². The van der Waals surface area contributed by atoms with E-state index in [1.54, 1.807) is 27.9 Å². The van der Waals surface area contributed by atoms with E-state index in [0.29, 0.717) is 19.1 Å². The van der Waals surface area contributed by atoms with Crippen molar-refractivity contribution in [1.82, 2.24) is 4.72 Å². The molecule has 1 fully saturated rings. The van der Waals surface area contributed by atoms with Crippen LogP contribution in [0.3, 0.4) is 0 Å². The molecule has 0 atom stereocenters. The van der Waals surface area contributed by atoms with Crippen molar-refractivity contribution >= 4 is 21.4 Å². The number of nitrogens with zero attached hydrogens (tertiary/aromatic N) is 1. The number of ether oxygens (including phenoxy) is 1. The first-order valence-electron chi connectivity index (χ1n) is 10.3. The number of halogens is 1. The van der Waals surface area contributed by atoms with Crippen molar-refractivity contribution in [2.45, 2.75) is 57.2 Å². The van der Waals surface area contributed by atoms with E-state index in [9.17, 15) is 12.8 Å². The van der Waals surface area contributed by atoms with Gasteiger partial charge >= 0.3 is 0 Å². The summed E-state index contributed by atoms with van der Waals surface area (Å²) in [6.07, 6.45) is 3.55. The Kier molecular flexibility index (Phi) is 8.31. The first-order chi connectivity index (χ1) is 13.5. The van der Waals surface area contributed by atoms with Gasteiger partial charge in [-0.1, -0.05) is 0 Å². The maximum absolute atomic E-state index is 14.0. The maximum atomic E-state index is 14.0. The smallest absolute Gasteiger partial charge is 0.216 e. The predicted octanol–water partition coefficient (Wildman–Crippen LogP) is 3.60. The second-order valence-electron chi connectivity index (χ2n) is 8.94. The van der Waals surface area contributed by atoms with Gasteiger partial charge in [0.25, 0.3) is 0 Å². The van der Waals surface area contributed by atoms with Gasteiger partial charge < -0.3 is 15.0 Å². The number of methoxy groups -OCH3 is 1. The highest BCUT2D eigenvalue weighted by Crippen LogP contribution is 2.27. The fourth-order valence-electron chi connectivity index (χ4n) is 3.40. The summed E-state index contributed by atoms with van der Waals surface area (Å²) in [6, 6.07) is 4.98. The lowest BCUT2D eigenvalue weighted by atomic mass is 9.86. The van der Waals surface area contributed by atoms with Crippen molar-refractivity contribution in [2.24, 2.45) is 5.92 Å². The van der Waals surface area contributed by atoms with Crippen molar-refractivity contribution in [3.8, 4) is 0 Å². The highest BCUT2D eigenvalue weighted by Gasteiger charge is 2.32. The summed E-state index contributed by atoms with van der Waals surface area (Å²) in [5.74, 6) is 0.179. The summed E-state index contributed by atoms with van der Waals surface area (Å²) >= 11 is 0. The van der Waals surface area contributed by atoms with Crippen LogP contribution in [0.5, 0.6) is 0 Å². The molecule has 29 heavy (non-hydrogen) atoms. The molecule has 1 aromatic carbocycles. The van der Waals surface area contributed by atoms with E-state index in [-0.39, 0.29) is 11.9 Å². The van der Waals surface area contributed by atoms with Crippen LogP contribution in [0.15, 0.2) is 18.2 Å². The zero-order valence-corrected chi connectivity index (χ0v) is 19.1. The summed E-state index contributed by atoms with van der Waals surface area (Å²) in [4.78, 5) is 1.96. The third-order valence-electron chi connectivity index (χ3n) is 5.52. The quantitative estimate of drug-likeness (QED) is 0.628. The van der Waals surface area contributed by atoms with Gasteiger partial charge in [0, 0.05) is 44.7 Å². The molecule has 2 rings (SSSR count). The maximum Gasteiger partial charge on any atom is 0.216 e. The van der Waals surface area contributed by atoms with Gasteiger partial charge in [0.1, 0.15) is 5.82 Å². The highest BCUT2D eigenvalue weighted by atomic mass is 32.2. The lowest BCUT2D eigenvalue weighted by Gasteiger charge is -2.31. The molecule has 0 aromatic heterocycles. The van der Waals surface area contributed by atoms with E-state index in [0.717, 1.165) is 43.6 Å². The summed E-state index contributed by atoms with van der Waals surface area (Å²) in [6.45, 7) is 7.16. The first-order valence-corrected chi connectivity index (χ1v) is 11.8. The van der Waals surface area contributed by atoms with E-state index >= 15 is 0 Å². The van der Waals surface area contributed by atoms with Crippen LogP contribution in [0.25, 0.3) is 0 Å². The van der Waals surface area contributed by atoms with E-state index < -0.39 is 14.8 Å². The van der Waals surface area contributed by atoms with E-state index in [4.69, 9.17) is 4.74 Å². The number of hydrogen-bond donors (Lipinski definition) is 2. The van der Waals surface area contributed by atoms with Gasteiger partial charge in [-0.25, -0.2) is 17.5 Å². The molecule has 0 radical (unpaired) electrons. The summed E-state index contributed by atoms with van der Waals surface area (Å²) in [5.41, 5.74) is 1.57. The lowest BCUT2D eigenvalue weighted by Crippen LogP contribution is -2.46. The standard InChI is InChI=1S/C21H36FN3O3S/c1-21(2,3)29(26,27)24-18-8-6-16(7-9-18)15-23-19-12-17(22)13-20(14-19)25(4)10-11-28-5/h12-14,16,18,23-24H,6-11,15H2,1-5H3. The number of sulfonamides is 1. The molecule has 2 N–H and O–H groups in total. The molecule has 0 aliphatic heterocycles. The van der Waals surface area contributed by atoms with Crippen molar-refractivity contribution < 1.29 is 17.5 Å². The van der Waals surface area contributed by atoms with Gasteiger partial charge in [0.05, 0.1) is 11.4 Å². The van der Waals surface area contributed by atoms with Gasteiger partial charge in [-0.2, -0.15) is 0 Å². The molecule has 1 aliphatic rings. The normalized spacial score (nSPS) is 20.5. The minimum Gasteiger partial charge on any atom is -0.385 e. The third kappa shape index (κ3) is 7.12. The fourth-order valence-corrected chi connectivity index (χ4v) is 4.42. The Morgan fingerprint density at radius 3 is 2.41 bits per heavy atom. The highest BCUT2D eigenvalue weighted by molar-refractivity contribution is 7.90. The van der Waals surface area contributed by atoms with Crippen LogP contribution < -0.4 is 14.9 Å². The largest absolute Gasteiger partial charge is 0.385 e. The molecular formula is C21H36FN3O3S. The summed E-state index contributed by atoms with van der Waals surface area (Å²) < 4.78 is 45.8. The molecule has 0 amide bonds. The van der Waals surface area contributed by atoms with Gasteiger partial charge in [0.15, 0.2) is 0 Å². The molecule has 6 nitrogen and oxygen atoms in total. The van der Waals surface area contributed by atoms with Crippen LogP contribution in [0, 0.1) is 11.7 Å². The van der Waals surface area contributed by atoms with Crippen LogP contribution in [0.4, 0.5) is 15.8 Å². The molecule has 0 heterocycles. The fraction of sp³-hybridized carbons (Fsp3) is 0.714. The molecule has 0 unspecified atom stereocenters. The first kappa shape index (κ1) is 23.9. The Balaban J connectivity index is 1.85. The molecule has 0 saturated heterocycles. The minimum atomic E-state index is -3.32. The second-order valence-corrected chi connectivity index (χ2v) is 11.4. The number of anilines is 2. The number of hydrogen-bond acceptors (Lipinski definition) is 5. The monoisotopic (exact) mass is 429 g/mol. The van der Waals surface area contributed by atoms with E-state index in [2.05, 4.69) is 10.0 Å². The Labute approximate surface area is 175 Å². The number of rotatable bonds is 9. The average molecular weight is 430 g/mol. The number of benzene rings is 1. The van der Waals surface area contributed by atoms with Gasteiger partial charge in [0.2, 0.25) is 10.0 Å². The minimum absolute atomic E-state index is 0.00526. The van der Waals surface area contributed by atoms with Crippen LogP contribution in [0.1, 0.15) is 46.5 Å². The zero-order chi connectivity index (χ0) is 21.7. The van der Waals surface area contributed by atoms with Crippen molar-refractivity contribution in [3.63, 3.8) is 0 Å². The van der Waals surface area contributed by atoms with Crippen LogP contribution in [-0.4, -0.2) is 53.1 Å². The second kappa shape index (κ2) is 10.1. The Hall–Kier alpha value is -1.38. The molecule has 166 valence electrons. The molecule has 1 aliphatic carbocycles. The number of nitrogens with one attached hydrogen (secondary N) is 2. The van der Waals surface area contributed by atoms with Crippen molar-refractivity contribution in [1.29, 1.82) is 0 Å².